The second-order valence-corrected chi connectivity index (χ2v) is 26.4. The first-order valence-corrected chi connectivity index (χ1v) is 38.1. The number of halogens is 12. The van der Waals surface area contributed by atoms with E-state index >= 15 is 0 Å². The molecule has 12 rings (SSSR count). The largest absolute Gasteiger partial charge is 0.497 e. The molecule has 0 bridgehead atoms. The first-order chi connectivity index (χ1) is 61.3. The van der Waals surface area contributed by atoms with Crippen molar-refractivity contribution in [3.8, 4) is 74.7 Å². The van der Waals surface area contributed by atoms with Crippen molar-refractivity contribution in [1.82, 2.24) is 39.9 Å². The molecule has 41 heteroatoms. The molecule has 0 saturated carbocycles. The van der Waals surface area contributed by atoms with Gasteiger partial charge in [0.15, 0.2) is 46.0 Å². The summed E-state index contributed by atoms with van der Waals surface area (Å²) in [5.74, 6) is 3.60. The van der Waals surface area contributed by atoms with Gasteiger partial charge < -0.3 is 104 Å². The Hall–Kier alpha value is -15.0. The minimum Gasteiger partial charge on any atom is -0.497 e. The number of alkyl halides is 12. The second-order valence-electron chi connectivity index (χ2n) is 26.4. The Kier molecular flexibility index (Phi) is 34.1. The van der Waals surface area contributed by atoms with Crippen molar-refractivity contribution < 1.29 is 114 Å². The molecule has 29 nitrogen and oxygen atoms in total. The molecule has 0 aliphatic heterocycles. The number of benzene rings is 8. The summed E-state index contributed by atoms with van der Waals surface area (Å²) in [4.78, 5) is 31.5. The summed E-state index contributed by atoms with van der Waals surface area (Å²) >= 11 is 0. The highest BCUT2D eigenvalue weighted by molar-refractivity contribution is 5.71. The Morgan fingerprint density at radius 2 is 0.477 bits per heavy atom. The summed E-state index contributed by atoms with van der Waals surface area (Å²) in [5, 5.41) is 22.5. The maximum Gasteiger partial charge on any atom is 0.421 e. The summed E-state index contributed by atoms with van der Waals surface area (Å²) in [6, 6.07) is 45.5. The number of ether oxygens (including phenoxy) is 13. The van der Waals surface area contributed by atoms with Gasteiger partial charge in [-0.05, 0) is 46.4 Å². The molecule has 680 valence electrons. The van der Waals surface area contributed by atoms with Gasteiger partial charge in [-0.3, -0.25) is 0 Å². The van der Waals surface area contributed by atoms with Crippen LogP contribution in [0, 0.1) is 0 Å². The van der Waals surface area contributed by atoms with Gasteiger partial charge in [0, 0.05) is 122 Å². The van der Waals surface area contributed by atoms with Gasteiger partial charge in [0.2, 0.25) is 46.8 Å². The number of aryl methyl sites for hydroxylation is 1. The molecule has 4 heterocycles. The molecule has 0 aliphatic rings. The molecule has 128 heavy (non-hydrogen) atoms. The van der Waals surface area contributed by atoms with Crippen LogP contribution in [0.15, 0.2) is 183 Å². The topological polar surface area (TPSA) is 319 Å². The van der Waals surface area contributed by atoms with Crippen LogP contribution in [0.4, 0.5) is 122 Å². The molecule has 0 spiro atoms. The Morgan fingerprint density at radius 3 is 0.695 bits per heavy atom. The van der Waals surface area contributed by atoms with E-state index in [9.17, 15) is 52.7 Å². The maximum atomic E-state index is 13.5. The van der Waals surface area contributed by atoms with Crippen molar-refractivity contribution in [3.63, 3.8) is 0 Å². The zero-order valence-electron chi connectivity index (χ0n) is 71.3. The predicted molar refractivity (Wildman–Crippen MR) is 457 cm³/mol. The highest BCUT2D eigenvalue weighted by atomic mass is 19.4. The van der Waals surface area contributed by atoms with Gasteiger partial charge in [0.05, 0.1) is 92.4 Å². The molecular formula is C87H90F12N16O13. The fourth-order valence-corrected chi connectivity index (χ4v) is 11.9. The van der Waals surface area contributed by atoms with Gasteiger partial charge in [-0.1, -0.05) is 104 Å². The van der Waals surface area contributed by atoms with Crippen LogP contribution in [0.1, 0.15) is 57.0 Å². The van der Waals surface area contributed by atoms with Crippen LogP contribution < -0.4 is 104 Å². The van der Waals surface area contributed by atoms with Crippen LogP contribution in [0.2, 0.25) is 0 Å². The highest BCUT2D eigenvalue weighted by Crippen LogP contribution is 2.47. The second kappa shape index (κ2) is 45.1. The molecule has 0 fully saturated rings. The average Bonchev–Trinajstić information content (AvgIpc) is 0.811. The van der Waals surface area contributed by atoms with Crippen LogP contribution >= 0.6 is 0 Å². The molecule has 0 aliphatic carbocycles. The van der Waals surface area contributed by atoms with Crippen molar-refractivity contribution in [2.75, 3.05) is 135 Å². The minimum atomic E-state index is -4.64. The van der Waals surface area contributed by atoms with Gasteiger partial charge in [-0.2, -0.15) is 72.6 Å². The lowest BCUT2D eigenvalue weighted by Crippen LogP contribution is -2.14. The van der Waals surface area contributed by atoms with Crippen molar-refractivity contribution in [2.45, 2.75) is 64.2 Å². The van der Waals surface area contributed by atoms with E-state index in [1.54, 1.807) is 121 Å². The fraction of sp³-hybridized carbons (Fsp3) is 0.264. The van der Waals surface area contributed by atoms with Crippen molar-refractivity contribution in [1.29, 1.82) is 0 Å². The first-order valence-electron chi connectivity index (χ1n) is 38.1. The Morgan fingerprint density at radius 1 is 0.250 bits per heavy atom. The van der Waals surface area contributed by atoms with Gasteiger partial charge in [-0.25, -0.2) is 19.9 Å². The SMILES string of the molecule is CCc1ccc(CNc2nc(Nc3cc(OC)c(OC)c(OC)c3)ncc2C(F)(F)F)cc1.COc1cc(Nc2ncc(C(F)(F)F)c(NCc3ccccc3)n2)cc(OC)c1OC.COc1cc(Nc2ncc(C(F)(F)F)c(NCc3ccccc3)n2)cc(OC)c1OC.COc1cccc(CNc2nc(Nc3cc(OC)c(OC)c(OC)c3)ncc2C(F)(F)F)c1. The monoisotopic (exact) mass is 1790 g/mol. The summed E-state index contributed by atoms with van der Waals surface area (Å²) in [5.41, 5.74) is 2.25. The number of aromatic nitrogens is 8. The van der Waals surface area contributed by atoms with Crippen LogP contribution in [0.25, 0.3) is 0 Å². The van der Waals surface area contributed by atoms with Crippen LogP contribution in [-0.4, -0.2) is 132 Å². The first kappa shape index (κ1) is 96.9. The Labute approximate surface area is 727 Å². The lowest BCUT2D eigenvalue weighted by molar-refractivity contribution is -0.138. The van der Waals surface area contributed by atoms with E-state index in [1.807, 2.05) is 43.3 Å². The van der Waals surface area contributed by atoms with E-state index in [0.29, 0.717) is 97.5 Å². The lowest BCUT2D eigenvalue weighted by atomic mass is 10.1. The summed E-state index contributed by atoms with van der Waals surface area (Å²) in [6.45, 7) is 2.65. The zero-order valence-corrected chi connectivity index (χ0v) is 71.3. The third kappa shape index (κ3) is 26.5. The highest BCUT2D eigenvalue weighted by Gasteiger charge is 2.39. The third-order valence-electron chi connectivity index (χ3n) is 18.2. The predicted octanol–water partition coefficient (Wildman–Crippen LogP) is 20.1. The average molecular weight is 1800 g/mol. The number of hydrogen-bond donors (Lipinski definition) is 8. The van der Waals surface area contributed by atoms with Gasteiger partial charge in [0.1, 0.15) is 51.3 Å². The molecular weight excluding hydrogens is 1710 g/mol. The Balaban J connectivity index is 0.000000193. The van der Waals surface area contributed by atoms with E-state index < -0.39 is 47.0 Å². The van der Waals surface area contributed by atoms with Crippen LogP contribution in [0.5, 0.6) is 74.7 Å². The van der Waals surface area contributed by atoms with E-state index in [1.165, 1.54) is 92.4 Å². The normalized spacial score (nSPS) is 11.0. The quantitative estimate of drug-likeness (QED) is 0.0174. The minimum absolute atomic E-state index is 0.0268. The number of rotatable bonds is 34. The summed E-state index contributed by atoms with van der Waals surface area (Å²) in [6.07, 6.45) is -14.6. The molecule has 0 radical (unpaired) electrons. The summed E-state index contributed by atoms with van der Waals surface area (Å²) < 4.78 is 230. The molecule has 0 atom stereocenters. The number of nitrogens with one attached hydrogen (secondary N) is 8. The molecule has 12 aromatic rings. The summed E-state index contributed by atoms with van der Waals surface area (Å²) in [7, 11) is 19.1. The van der Waals surface area contributed by atoms with Crippen LogP contribution in [0.3, 0.4) is 0 Å². The Bertz CT molecular complexity index is 5360. The number of anilines is 12. The van der Waals surface area contributed by atoms with Crippen molar-refractivity contribution in [3.05, 3.63) is 233 Å². The van der Waals surface area contributed by atoms with Gasteiger partial charge in [-0.15, -0.1) is 0 Å². The van der Waals surface area contributed by atoms with Gasteiger partial charge in [0.25, 0.3) is 0 Å². The van der Waals surface area contributed by atoms with E-state index in [2.05, 4.69) is 82.4 Å². The van der Waals surface area contributed by atoms with Crippen molar-refractivity contribution >= 4 is 69.8 Å². The molecule has 8 N–H and O–H groups in total. The number of nitrogens with zero attached hydrogens (tertiary/aromatic N) is 8. The molecule has 0 saturated heterocycles. The lowest BCUT2D eigenvalue weighted by Gasteiger charge is -2.16. The zero-order chi connectivity index (χ0) is 92.9. The third-order valence-corrected chi connectivity index (χ3v) is 18.2. The van der Waals surface area contributed by atoms with Crippen LogP contribution in [-0.2, 0) is 57.3 Å². The molecule has 0 unspecified atom stereocenters. The number of hydrogen-bond acceptors (Lipinski definition) is 29. The molecule has 8 aromatic carbocycles. The standard InChI is InChI=1S/C23H25F3N4O3.C22H23F3N4O4.2C21H21F3N4O3/c1-5-14-6-8-15(9-7-14)12-27-21-17(23(24,25)26)13-28-22(30-21)29-16-10-18(31-2)20(33-4)19(11-16)32-3;1-30-15-7-5-6-13(8-15)11-26-20-16(22(23,24)25)12-27-21(29-20)28-14-9-17(31-2)19(33-4)18(10-14)32-3;2*1-29-16-9-14(10-17(30-2)18(16)31-3)27-20-26-12-15(21(22,23)24)19(28-20)25-11-13-7-5-4-6-8-13/h6-11,13H,5,12H2,1-4H3,(H2,27,28,29,30);5-10,12H,11H2,1-4H3,(H2,26,27,28,29);2*4-10,12H,11H2,1-3H3,(H2,25,26,27,28). The number of methoxy groups -OCH3 is 13. The van der Waals surface area contributed by atoms with Crippen molar-refractivity contribution in [2.24, 2.45) is 0 Å². The van der Waals surface area contributed by atoms with E-state index in [-0.39, 0.29) is 73.2 Å². The fourth-order valence-electron chi connectivity index (χ4n) is 11.9. The molecule has 0 amide bonds. The molecule has 4 aromatic heterocycles. The van der Waals surface area contributed by atoms with E-state index in [4.69, 9.17) is 61.6 Å². The van der Waals surface area contributed by atoms with Gasteiger partial charge >= 0.3 is 24.7 Å². The smallest absolute Gasteiger partial charge is 0.421 e. The maximum absolute atomic E-state index is 13.5. The van der Waals surface area contributed by atoms with E-state index in [0.717, 1.165) is 59.0 Å².